The highest BCUT2D eigenvalue weighted by atomic mass is 31.2. The Hall–Kier alpha value is -1.96. The van der Waals surface area contributed by atoms with E-state index >= 15 is 0 Å². The molecule has 290 valence electrons. The molecule has 0 aliphatic rings. The van der Waals surface area contributed by atoms with Crippen molar-refractivity contribution >= 4 is 13.8 Å². The minimum absolute atomic E-state index is 0.0916. The number of carbonyl (C=O) groups is 1. The molecular formula is C41H74NO7P. The van der Waals surface area contributed by atoms with Crippen LogP contribution in [0, 0.1) is 0 Å². The van der Waals surface area contributed by atoms with Crippen LogP contribution in [0.5, 0.6) is 0 Å². The van der Waals surface area contributed by atoms with Crippen LogP contribution in [0.4, 0.5) is 0 Å². The number of nitrogens with two attached hydrogens (primary N) is 1. The molecule has 3 N–H and O–H groups in total. The summed E-state index contributed by atoms with van der Waals surface area (Å²) in [5.41, 5.74) is 5.35. The van der Waals surface area contributed by atoms with Gasteiger partial charge in [0.2, 0.25) is 0 Å². The minimum Gasteiger partial charge on any atom is -0.492 e. The number of hydrogen-bond acceptors (Lipinski definition) is 7. The van der Waals surface area contributed by atoms with Crippen molar-refractivity contribution in [3.05, 3.63) is 60.9 Å². The number of hydrogen-bond donors (Lipinski definition) is 2. The first kappa shape index (κ1) is 48.0. The van der Waals surface area contributed by atoms with Gasteiger partial charge < -0.3 is 20.1 Å². The fourth-order valence-electron chi connectivity index (χ4n) is 5.03. The standard InChI is InChI=1S/C41H74NO7P/c1-3-5-7-9-11-13-15-17-19-20-21-22-24-26-28-30-32-34-41(43)47-38-40(39-49-50(44,45)48-37-35-42)46-36-33-31-29-27-25-23-18-16-14-12-10-8-6-4-2/h11,13,17,19,21-22,26,28,33,36,40H,3-10,12,14-16,18,20,23-25,27,29-32,34-35,37-39,42H2,1-2H3,(H,44,45)/t40-/m1/s1. The molecule has 0 radical (unpaired) electrons. The summed E-state index contributed by atoms with van der Waals surface area (Å²) in [6.07, 6.45) is 46.2. The second kappa shape index (κ2) is 38.3. The molecule has 9 heteroatoms. The summed E-state index contributed by atoms with van der Waals surface area (Å²) in [5, 5.41) is 0. The van der Waals surface area contributed by atoms with Crippen molar-refractivity contribution in [2.45, 2.75) is 168 Å². The van der Waals surface area contributed by atoms with Gasteiger partial charge in [-0.1, -0.05) is 146 Å². The first-order chi connectivity index (χ1) is 24.4. The highest BCUT2D eigenvalue weighted by molar-refractivity contribution is 7.47. The average molecular weight is 724 g/mol. The molecule has 0 bridgehead atoms. The van der Waals surface area contributed by atoms with Crippen molar-refractivity contribution in [1.29, 1.82) is 0 Å². The zero-order chi connectivity index (χ0) is 36.6. The van der Waals surface area contributed by atoms with Gasteiger partial charge in [-0.2, -0.15) is 0 Å². The van der Waals surface area contributed by atoms with Crippen molar-refractivity contribution in [3.8, 4) is 0 Å². The summed E-state index contributed by atoms with van der Waals surface area (Å²) in [7, 11) is -4.28. The van der Waals surface area contributed by atoms with Gasteiger partial charge in [0.1, 0.15) is 6.61 Å². The predicted octanol–water partition coefficient (Wildman–Crippen LogP) is 11.8. The molecule has 0 aliphatic carbocycles. The lowest BCUT2D eigenvalue weighted by Gasteiger charge is -2.19. The Kier molecular flexibility index (Phi) is 36.8. The fourth-order valence-corrected chi connectivity index (χ4v) is 5.80. The molecule has 8 nitrogen and oxygen atoms in total. The van der Waals surface area contributed by atoms with E-state index in [1.807, 2.05) is 6.08 Å². The average Bonchev–Trinajstić information content (AvgIpc) is 3.11. The number of unbranched alkanes of at least 4 members (excludes halogenated alkanes) is 16. The van der Waals surface area contributed by atoms with E-state index in [9.17, 15) is 14.3 Å². The molecule has 0 aromatic rings. The Bertz CT molecular complexity index is 947. The first-order valence-corrected chi connectivity index (χ1v) is 21.3. The lowest BCUT2D eigenvalue weighted by Crippen LogP contribution is -2.25. The second-order valence-electron chi connectivity index (χ2n) is 12.9. The molecule has 0 amide bonds. The van der Waals surface area contributed by atoms with Crippen molar-refractivity contribution in [3.63, 3.8) is 0 Å². The molecule has 50 heavy (non-hydrogen) atoms. The van der Waals surface area contributed by atoms with Crippen LogP contribution in [0.3, 0.4) is 0 Å². The maximum Gasteiger partial charge on any atom is 0.472 e. The molecule has 0 saturated carbocycles. The number of phosphoric ester groups is 1. The Morgan fingerprint density at radius 2 is 1.08 bits per heavy atom. The summed E-state index contributed by atoms with van der Waals surface area (Å²) in [4.78, 5) is 22.2. The minimum atomic E-state index is -4.28. The third-order valence-corrected chi connectivity index (χ3v) is 9.01. The van der Waals surface area contributed by atoms with Gasteiger partial charge in [-0.15, -0.1) is 0 Å². The van der Waals surface area contributed by atoms with E-state index in [4.69, 9.17) is 24.3 Å². The van der Waals surface area contributed by atoms with Gasteiger partial charge in [0, 0.05) is 13.0 Å². The van der Waals surface area contributed by atoms with Crippen LogP contribution < -0.4 is 5.73 Å². The monoisotopic (exact) mass is 724 g/mol. The Balaban J connectivity index is 4.23. The van der Waals surface area contributed by atoms with Gasteiger partial charge in [-0.25, -0.2) is 4.57 Å². The SMILES string of the molecule is CCCCCC=CCC=CCC=CCC=CCCCC(=O)OC[C@H](COP(=O)(O)OCCN)OC=CCCCCCCCCCCCCCC. The topological polar surface area (TPSA) is 117 Å². The van der Waals surface area contributed by atoms with E-state index < -0.39 is 13.9 Å². The maximum atomic E-state index is 12.3. The number of carbonyl (C=O) groups excluding carboxylic acids is 1. The predicted molar refractivity (Wildman–Crippen MR) is 210 cm³/mol. The summed E-state index contributed by atoms with van der Waals surface area (Å²) < 4.78 is 33.0. The van der Waals surface area contributed by atoms with Gasteiger partial charge in [-0.05, 0) is 63.9 Å². The fraction of sp³-hybridized carbons (Fsp3) is 0.732. The molecule has 2 atom stereocenters. The van der Waals surface area contributed by atoms with Gasteiger partial charge in [0.15, 0.2) is 6.10 Å². The molecule has 0 saturated heterocycles. The van der Waals surface area contributed by atoms with Gasteiger partial charge in [0.05, 0.1) is 19.5 Å². The lowest BCUT2D eigenvalue weighted by molar-refractivity contribution is -0.147. The molecule has 0 spiro atoms. The second-order valence-corrected chi connectivity index (χ2v) is 14.3. The summed E-state index contributed by atoms with van der Waals surface area (Å²) in [5.74, 6) is -0.346. The summed E-state index contributed by atoms with van der Waals surface area (Å²) >= 11 is 0. The smallest absolute Gasteiger partial charge is 0.472 e. The highest BCUT2D eigenvalue weighted by Gasteiger charge is 2.24. The van der Waals surface area contributed by atoms with Crippen LogP contribution in [0.15, 0.2) is 60.9 Å². The number of rotatable bonds is 37. The zero-order valence-corrected chi connectivity index (χ0v) is 32.8. The van der Waals surface area contributed by atoms with E-state index in [-0.39, 0.29) is 38.8 Å². The van der Waals surface area contributed by atoms with E-state index in [0.29, 0.717) is 6.42 Å². The van der Waals surface area contributed by atoms with E-state index in [1.54, 1.807) is 6.26 Å². The van der Waals surface area contributed by atoms with Crippen molar-refractivity contribution in [2.24, 2.45) is 5.73 Å². The van der Waals surface area contributed by atoms with Crippen LogP contribution in [-0.2, 0) is 27.9 Å². The zero-order valence-electron chi connectivity index (χ0n) is 31.9. The normalized spacial score (nSPS) is 14.2. The molecule has 0 fully saturated rings. The quantitative estimate of drug-likeness (QED) is 0.0214. The van der Waals surface area contributed by atoms with Crippen LogP contribution in [0.2, 0.25) is 0 Å². The Morgan fingerprint density at radius 3 is 1.64 bits per heavy atom. The third-order valence-electron chi connectivity index (χ3n) is 8.03. The Morgan fingerprint density at radius 1 is 0.620 bits per heavy atom. The van der Waals surface area contributed by atoms with Gasteiger partial charge >= 0.3 is 13.8 Å². The number of esters is 1. The van der Waals surface area contributed by atoms with Gasteiger partial charge in [0.25, 0.3) is 0 Å². The molecule has 0 aliphatic heterocycles. The van der Waals surface area contributed by atoms with Crippen molar-refractivity contribution in [1.82, 2.24) is 0 Å². The molecule has 0 heterocycles. The first-order valence-electron chi connectivity index (χ1n) is 19.8. The van der Waals surface area contributed by atoms with Crippen molar-refractivity contribution < 1.29 is 32.8 Å². The van der Waals surface area contributed by atoms with Crippen LogP contribution in [0.1, 0.15) is 162 Å². The van der Waals surface area contributed by atoms with Crippen molar-refractivity contribution in [2.75, 3.05) is 26.4 Å². The van der Waals surface area contributed by atoms with E-state index in [1.165, 1.54) is 96.3 Å². The van der Waals surface area contributed by atoms with Gasteiger partial charge in [-0.3, -0.25) is 13.8 Å². The molecule has 0 aromatic carbocycles. The molecule has 0 rings (SSSR count). The van der Waals surface area contributed by atoms with Crippen LogP contribution in [-0.4, -0.2) is 43.3 Å². The molecule has 1 unspecified atom stereocenters. The Labute approximate surface area is 306 Å². The largest absolute Gasteiger partial charge is 0.492 e. The summed E-state index contributed by atoms with van der Waals surface area (Å²) in [6.45, 7) is 4.11. The van der Waals surface area contributed by atoms with E-state index in [2.05, 4.69) is 62.5 Å². The number of allylic oxidation sites excluding steroid dienone is 9. The number of ether oxygens (including phenoxy) is 2. The molecular weight excluding hydrogens is 649 g/mol. The van der Waals surface area contributed by atoms with Crippen LogP contribution >= 0.6 is 7.82 Å². The number of phosphoric acid groups is 1. The third kappa shape index (κ3) is 37.3. The highest BCUT2D eigenvalue weighted by Crippen LogP contribution is 2.43. The maximum absolute atomic E-state index is 12.3. The van der Waals surface area contributed by atoms with Crippen LogP contribution in [0.25, 0.3) is 0 Å². The lowest BCUT2D eigenvalue weighted by atomic mass is 10.0. The summed E-state index contributed by atoms with van der Waals surface area (Å²) in [6, 6.07) is 0. The van der Waals surface area contributed by atoms with E-state index in [0.717, 1.165) is 38.5 Å². The molecule has 0 aromatic heterocycles.